The van der Waals surface area contributed by atoms with Gasteiger partial charge in [0, 0.05) is 76.1 Å². The molecular weight excluding hydrogens is 725 g/mol. The topological polar surface area (TPSA) is 21.3 Å². The van der Waals surface area contributed by atoms with Crippen LogP contribution >= 0.6 is 11.3 Å². The molecule has 0 spiro atoms. The molecule has 0 aliphatic carbocycles. The second kappa shape index (κ2) is 13.1. The van der Waals surface area contributed by atoms with E-state index in [1.165, 1.54) is 53.2 Å². The van der Waals surface area contributed by atoms with Crippen molar-refractivity contribution in [3.8, 4) is 27.9 Å². The van der Waals surface area contributed by atoms with Gasteiger partial charge in [-0.1, -0.05) is 127 Å². The Morgan fingerprint density at radius 3 is 1.86 bits per heavy atom. The van der Waals surface area contributed by atoms with E-state index in [1.807, 2.05) is 11.3 Å². The summed E-state index contributed by atoms with van der Waals surface area (Å²) >= 11 is 1.85. The predicted molar refractivity (Wildman–Crippen MR) is 247 cm³/mol. The first kappa shape index (κ1) is 32.8. The van der Waals surface area contributed by atoms with Gasteiger partial charge in [0.15, 0.2) is 0 Å². The highest BCUT2D eigenvalue weighted by Gasteiger charge is 2.24. The highest BCUT2D eigenvalue weighted by molar-refractivity contribution is 7.25. The second-order valence-corrected chi connectivity index (χ2v) is 16.0. The smallest absolute Gasteiger partial charge is 0.138 e. The van der Waals surface area contributed by atoms with Crippen molar-refractivity contribution in [3.63, 3.8) is 0 Å². The highest BCUT2D eigenvalue weighted by atomic mass is 32.1. The SMILES string of the molecule is c1ccc(-c2ccc(N(c3ccccc3)c3cccc(-n4c5ccccc5c5c(-c6ccc7sc8ccccc8c7c6)c6c(cc54)oc4ccccc46)c3)cc2)cc1. The van der Waals surface area contributed by atoms with Gasteiger partial charge >= 0.3 is 0 Å². The van der Waals surface area contributed by atoms with Crippen LogP contribution in [-0.4, -0.2) is 4.57 Å². The van der Waals surface area contributed by atoms with Crippen molar-refractivity contribution < 1.29 is 4.42 Å². The van der Waals surface area contributed by atoms with Gasteiger partial charge in [-0.25, -0.2) is 0 Å². The molecule has 0 aliphatic rings. The van der Waals surface area contributed by atoms with Gasteiger partial charge < -0.3 is 13.9 Å². The first-order valence-corrected chi connectivity index (χ1v) is 20.5. The van der Waals surface area contributed by atoms with Crippen LogP contribution in [0.25, 0.3) is 91.9 Å². The summed E-state index contributed by atoms with van der Waals surface area (Å²) in [5, 5.41) is 7.27. The lowest BCUT2D eigenvalue weighted by molar-refractivity contribution is 0.669. The predicted octanol–water partition coefficient (Wildman–Crippen LogP) is 15.9. The van der Waals surface area contributed by atoms with Crippen LogP contribution in [-0.2, 0) is 0 Å². The van der Waals surface area contributed by atoms with E-state index in [9.17, 15) is 0 Å². The van der Waals surface area contributed by atoms with Crippen LogP contribution in [0.2, 0.25) is 0 Å². The summed E-state index contributed by atoms with van der Waals surface area (Å²) in [6.07, 6.45) is 0. The van der Waals surface area contributed by atoms with E-state index in [0.29, 0.717) is 0 Å². The minimum atomic E-state index is 0.878. The third kappa shape index (κ3) is 5.12. The van der Waals surface area contributed by atoms with Gasteiger partial charge in [-0.05, 0) is 89.5 Å². The Labute approximate surface area is 338 Å². The molecule has 0 N–H and O–H groups in total. The first-order chi connectivity index (χ1) is 28.8. The summed E-state index contributed by atoms with van der Waals surface area (Å²) in [4.78, 5) is 2.34. The average molecular weight is 759 g/mol. The van der Waals surface area contributed by atoms with Crippen molar-refractivity contribution in [1.29, 1.82) is 0 Å². The van der Waals surface area contributed by atoms with E-state index in [4.69, 9.17) is 4.42 Å². The Morgan fingerprint density at radius 1 is 0.379 bits per heavy atom. The molecule has 12 aromatic rings. The maximum absolute atomic E-state index is 6.75. The molecule has 0 bridgehead atoms. The maximum atomic E-state index is 6.75. The zero-order valence-electron chi connectivity index (χ0n) is 31.3. The molecule has 0 amide bonds. The lowest BCUT2D eigenvalue weighted by atomic mass is 9.93. The monoisotopic (exact) mass is 758 g/mol. The molecule has 3 aromatic heterocycles. The summed E-state index contributed by atoms with van der Waals surface area (Å²) < 4.78 is 11.8. The van der Waals surface area contributed by atoms with Crippen LogP contribution in [0.1, 0.15) is 0 Å². The Hall–Kier alpha value is -7.40. The van der Waals surface area contributed by atoms with Crippen LogP contribution in [0, 0.1) is 0 Å². The number of fused-ring (bicyclic) bond motifs is 9. The third-order valence-electron chi connectivity index (χ3n) is 11.6. The van der Waals surface area contributed by atoms with Crippen LogP contribution < -0.4 is 4.90 Å². The van der Waals surface area contributed by atoms with Gasteiger partial charge in [-0.2, -0.15) is 0 Å². The molecule has 3 heterocycles. The number of anilines is 3. The standard InChI is InChI=1S/C54H34N2OS/c1-3-14-35(15-4-1)36-26-29-39(30-27-36)55(38-16-5-2-6-17-38)40-18-13-19-41(33-40)56-46-23-10-7-21-43(46)53-47(56)34-49-54(44-22-8-11-24-48(44)57-49)52(53)37-28-31-51-45(32-37)42-20-9-12-25-50(42)58-51/h1-34H. The molecule has 272 valence electrons. The minimum Gasteiger partial charge on any atom is -0.456 e. The Morgan fingerprint density at radius 2 is 1.02 bits per heavy atom. The number of thiophene rings is 1. The van der Waals surface area contributed by atoms with E-state index < -0.39 is 0 Å². The van der Waals surface area contributed by atoms with Crippen molar-refractivity contribution >= 4 is 92.3 Å². The summed E-state index contributed by atoms with van der Waals surface area (Å²) in [6.45, 7) is 0. The molecule has 12 rings (SSSR count). The molecule has 0 saturated heterocycles. The number of hydrogen-bond donors (Lipinski definition) is 0. The van der Waals surface area contributed by atoms with Gasteiger partial charge in [0.1, 0.15) is 11.2 Å². The minimum absolute atomic E-state index is 0.878. The summed E-state index contributed by atoms with van der Waals surface area (Å²) in [5.41, 5.74) is 13.1. The lowest BCUT2D eigenvalue weighted by Gasteiger charge is -2.26. The number of rotatable bonds is 6. The fourth-order valence-corrected chi connectivity index (χ4v) is 10.1. The number of hydrogen-bond acceptors (Lipinski definition) is 3. The first-order valence-electron chi connectivity index (χ1n) is 19.7. The van der Waals surface area contributed by atoms with E-state index in [1.54, 1.807) is 0 Å². The fourth-order valence-electron chi connectivity index (χ4n) is 9.01. The van der Waals surface area contributed by atoms with Gasteiger partial charge in [0.05, 0.1) is 11.0 Å². The molecule has 0 aliphatic heterocycles. The molecule has 0 radical (unpaired) electrons. The number of para-hydroxylation sites is 3. The third-order valence-corrected chi connectivity index (χ3v) is 12.7. The molecular formula is C54H34N2OS. The van der Waals surface area contributed by atoms with Crippen LogP contribution in [0.3, 0.4) is 0 Å². The number of nitrogens with zero attached hydrogens (tertiary/aromatic N) is 2. The molecule has 0 fully saturated rings. The largest absolute Gasteiger partial charge is 0.456 e. The molecule has 0 saturated carbocycles. The van der Waals surface area contributed by atoms with Crippen molar-refractivity contribution in [1.82, 2.24) is 4.57 Å². The van der Waals surface area contributed by atoms with Crippen molar-refractivity contribution in [2.75, 3.05) is 4.90 Å². The molecule has 9 aromatic carbocycles. The summed E-state index contributed by atoms with van der Waals surface area (Å²) in [5.74, 6) is 0. The normalized spacial score (nSPS) is 11.8. The quantitative estimate of drug-likeness (QED) is 0.168. The van der Waals surface area contributed by atoms with Gasteiger partial charge in [0.25, 0.3) is 0 Å². The number of aromatic nitrogens is 1. The van der Waals surface area contributed by atoms with Crippen LogP contribution in [0.15, 0.2) is 211 Å². The summed E-state index contributed by atoms with van der Waals surface area (Å²) in [7, 11) is 0. The number of benzene rings is 9. The Kier molecular flexibility index (Phi) is 7.40. The van der Waals surface area contributed by atoms with Gasteiger partial charge in [-0.15, -0.1) is 11.3 Å². The lowest BCUT2D eigenvalue weighted by Crippen LogP contribution is -2.10. The van der Waals surface area contributed by atoms with Crippen molar-refractivity contribution in [2.45, 2.75) is 0 Å². The molecule has 0 atom stereocenters. The van der Waals surface area contributed by atoms with Crippen molar-refractivity contribution in [2.24, 2.45) is 0 Å². The zero-order valence-corrected chi connectivity index (χ0v) is 32.2. The van der Waals surface area contributed by atoms with E-state index in [2.05, 4.69) is 216 Å². The average Bonchev–Trinajstić information content (AvgIpc) is 3.96. The zero-order chi connectivity index (χ0) is 38.2. The number of furan rings is 1. The van der Waals surface area contributed by atoms with E-state index in [0.717, 1.165) is 55.7 Å². The molecule has 0 unspecified atom stereocenters. The van der Waals surface area contributed by atoms with Crippen LogP contribution in [0.5, 0.6) is 0 Å². The fraction of sp³-hybridized carbons (Fsp3) is 0. The second-order valence-electron chi connectivity index (χ2n) is 14.9. The summed E-state index contributed by atoms with van der Waals surface area (Å²) in [6, 6.07) is 74.3. The Bertz CT molecular complexity index is 3500. The molecule has 3 nitrogen and oxygen atoms in total. The van der Waals surface area contributed by atoms with E-state index in [-0.39, 0.29) is 0 Å². The molecule has 4 heteroatoms. The van der Waals surface area contributed by atoms with E-state index >= 15 is 0 Å². The van der Waals surface area contributed by atoms with Gasteiger partial charge in [-0.3, -0.25) is 0 Å². The van der Waals surface area contributed by atoms with Gasteiger partial charge in [0.2, 0.25) is 0 Å². The highest BCUT2D eigenvalue weighted by Crippen LogP contribution is 2.48. The Balaban J connectivity index is 1.11. The molecule has 58 heavy (non-hydrogen) atoms. The maximum Gasteiger partial charge on any atom is 0.138 e. The van der Waals surface area contributed by atoms with Crippen molar-refractivity contribution in [3.05, 3.63) is 206 Å². The van der Waals surface area contributed by atoms with Crippen LogP contribution in [0.4, 0.5) is 17.1 Å².